The highest BCUT2D eigenvalue weighted by Crippen LogP contribution is 2.58. The summed E-state index contributed by atoms with van der Waals surface area (Å²) in [6, 6.07) is 0. The number of hydrogen-bond donors (Lipinski definition) is 7. The first-order chi connectivity index (χ1) is 21.6. The molecule has 0 amide bonds. The molecule has 20 nitrogen and oxygen atoms in total. The molecule has 4 aromatic heterocycles. The molecule has 2 aliphatic rings. The maximum Gasteiger partial charge on any atom is 0.338 e. The Kier molecular flexibility index (Phi) is 8.69. The van der Waals surface area contributed by atoms with Crippen LogP contribution in [-0.2, 0) is 29.7 Å². The molecule has 2 aliphatic heterocycles. The van der Waals surface area contributed by atoms with E-state index in [1.807, 2.05) is 0 Å². The van der Waals surface area contributed by atoms with E-state index in [4.69, 9.17) is 24.5 Å². The normalized spacial score (nSPS) is 30.0. The summed E-state index contributed by atoms with van der Waals surface area (Å²) in [5, 5.41) is 42.2. The molecule has 2 saturated heterocycles. The van der Waals surface area contributed by atoms with Gasteiger partial charge in [-0.2, -0.15) is 4.98 Å². The lowest BCUT2D eigenvalue weighted by Crippen LogP contribution is -2.36. The number of imidazole rings is 2. The minimum Gasteiger partial charge on any atom is -0.396 e. The zero-order valence-electron chi connectivity index (χ0n) is 23.7. The average Bonchev–Trinajstić information content (AvgIpc) is 3.76. The fourth-order valence-corrected chi connectivity index (χ4v) is 7.29. The lowest BCUT2D eigenvalue weighted by molar-refractivity contribution is -0.0493. The van der Waals surface area contributed by atoms with E-state index in [9.17, 15) is 34.7 Å². The Hall–Kier alpha value is -3.43. The number of aromatic amines is 1. The quantitative estimate of drug-likeness (QED) is 0.0827. The lowest BCUT2D eigenvalue weighted by Gasteiger charge is -2.27. The van der Waals surface area contributed by atoms with Crippen molar-refractivity contribution in [3.63, 3.8) is 0 Å². The van der Waals surface area contributed by atoms with Crippen LogP contribution >= 0.6 is 7.60 Å². The van der Waals surface area contributed by atoms with Crippen molar-refractivity contribution in [2.75, 3.05) is 32.7 Å². The van der Waals surface area contributed by atoms with Crippen LogP contribution in [-0.4, -0.2) is 127 Å². The van der Waals surface area contributed by atoms with Gasteiger partial charge < -0.3 is 49.8 Å². The molecule has 9 atom stereocenters. The summed E-state index contributed by atoms with van der Waals surface area (Å²) in [5.74, 6) is -0.247. The Morgan fingerprint density at radius 3 is 2.44 bits per heavy atom. The van der Waals surface area contributed by atoms with Crippen molar-refractivity contribution in [1.82, 2.24) is 39.0 Å². The third-order valence-corrected chi connectivity index (χ3v) is 9.70. The summed E-state index contributed by atoms with van der Waals surface area (Å²) < 4.78 is 38.6. The van der Waals surface area contributed by atoms with E-state index in [1.165, 1.54) is 21.8 Å². The van der Waals surface area contributed by atoms with Gasteiger partial charge in [-0.25, -0.2) is 19.9 Å². The van der Waals surface area contributed by atoms with Crippen molar-refractivity contribution in [1.29, 1.82) is 0 Å². The number of nitrogens with two attached hydrogens (primary N) is 1. The molecule has 1 unspecified atom stereocenters. The Morgan fingerprint density at radius 2 is 1.71 bits per heavy atom. The lowest BCUT2D eigenvalue weighted by atomic mass is 10.1. The van der Waals surface area contributed by atoms with Crippen molar-refractivity contribution in [3.05, 3.63) is 35.0 Å². The standard InChI is InChI=1S/C24H32N9O11P/c1-41-5-3-10-13-19(27-7-26-10)32(8-28-13)22-17(37)15(35)12(44-22)6-42-45(39,40)18-16(36)11(2-4-34)43-23(18)33-9-29-14-20(33)30-24(25)31-21(14)38/h7-9,11-12,15-18,22-23,34-37H,2-6H2,1H3,(H,39,40)(H3,25,30,31,38)/t11-,12-,15-,16-,17-,18-,22-,23-/m1/s1. The van der Waals surface area contributed by atoms with Crippen LogP contribution in [0.25, 0.3) is 22.3 Å². The van der Waals surface area contributed by atoms with Crippen molar-refractivity contribution >= 4 is 35.9 Å². The van der Waals surface area contributed by atoms with Crippen molar-refractivity contribution in [3.8, 4) is 0 Å². The van der Waals surface area contributed by atoms with E-state index in [-0.39, 0.29) is 23.5 Å². The Balaban J connectivity index is 1.23. The number of ether oxygens (including phenoxy) is 3. The van der Waals surface area contributed by atoms with E-state index in [2.05, 4.69) is 29.9 Å². The molecule has 0 bridgehead atoms. The Labute approximate surface area is 252 Å². The summed E-state index contributed by atoms with van der Waals surface area (Å²) >= 11 is 0. The first-order valence-corrected chi connectivity index (χ1v) is 15.5. The fraction of sp³-hybridized carbons (Fsp3) is 0.583. The van der Waals surface area contributed by atoms with Gasteiger partial charge >= 0.3 is 7.60 Å². The molecule has 0 saturated carbocycles. The van der Waals surface area contributed by atoms with Gasteiger partial charge in [0.1, 0.15) is 35.8 Å². The topological polar surface area (TPSA) is 288 Å². The number of aliphatic hydroxyl groups excluding tert-OH is 4. The largest absolute Gasteiger partial charge is 0.396 e. The van der Waals surface area contributed by atoms with Crippen LogP contribution in [0, 0.1) is 0 Å². The van der Waals surface area contributed by atoms with Crippen LogP contribution in [0.15, 0.2) is 23.8 Å². The van der Waals surface area contributed by atoms with Crippen LogP contribution in [0.2, 0.25) is 0 Å². The van der Waals surface area contributed by atoms with Crippen LogP contribution < -0.4 is 11.3 Å². The number of aliphatic hydroxyl groups is 4. The number of aromatic nitrogens is 8. The molecule has 6 rings (SSSR count). The number of fused-ring (bicyclic) bond motifs is 2. The highest BCUT2D eigenvalue weighted by atomic mass is 31.2. The van der Waals surface area contributed by atoms with Gasteiger partial charge in [0.15, 0.2) is 29.3 Å². The van der Waals surface area contributed by atoms with Crippen molar-refractivity contribution in [2.45, 2.75) is 61.5 Å². The molecule has 45 heavy (non-hydrogen) atoms. The highest BCUT2D eigenvalue weighted by molar-refractivity contribution is 7.53. The highest BCUT2D eigenvalue weighted by Gasteiger charge is 2.55. The molecule has 4 aromatic rings. The van der Waals surface area contributed by atoms with Gasteiger partial charge in [-0.15, -0.1) is 0 Å². The number of rotatable bonds is 11. The van der Waals surface area contributed by atoms with E-state index < -0.39 is 75.0 Å². The fourth-order valence-electron chi connectivity index (χ4n) is 5.64. The number of hydrogen-bond acceptors (Lipinski definition) is 16. The summed E-state index contributed by atoms with van der Waals surface area (Å²) in [5.41, 5.74) is 4.53. The number of H-pyrrole nitrogens is 1. The molecular weight excluding hydrogens is 621 g/mol. The number of anilines is 1. The van der Waals surface area contributed by atoms with Crippen LogP contribution in [0.5, 0.6) is 0 Å². The van der Waals surface area contributed by atoms with E-state index in [1.54, 1.807) is 7.11 Å². The molecule has 0 spiro atoms. The summed E-state index contributed by atoms with van der Waals surface area (Å²) in [6.45, 7) is -0.696. The zero-order chi connectivity index (χ0) is 32.0. The smallest absolute Gasteiger partial charge is 0.338 e. The second-order valence-corrected chi connectivity index (χ2v) is 12.6. The number of nitrogen functional groups attached to an aromatic ring is 1. The van der Waals surface area contributed by atoms with Crippen molar-refractivity contribution < 1.29 is 48.6 Å². The second-order valence-electron chi connectivity index (χ2n) is 10.6. The van der Waals surface area contributed by atoms with E-state index >= 15 is 0 Å². The summed E-state index contributed by atoms with van der Waals surface area (Å²) in [7, 11) is -3.31. The molecule has 0 radical (unpaired) electrons. The molecule has 0 aliphatic carbocycles. The molecule has 8 N–H and O–H groups in total. The van der Waals surface area contributed by atoms with Crippen molar-refractivity contribution in [2.24, 2.45) is 0 Å². The first-order valence-electron chi connectivity index (χ1n) is 13.9. The number of nitrogens with zero attached hydrogens (tertiary/aromatic N) is 7. The zero-order valence-corrected chi connectivity index (χ0v) is 24.6. The minimum atomic E-state index is -4.87. The molecular formula is C24H32N9O11P. The van der Waals surface area contributed by atoms with Crippen LogP contribution in [0.3, 0.4) is 0 Å². The third-order valence-electron chi connectivity index (χ3n) is 7.87. The van der Waals surface area contributed by atoms with Crippen LogP contribution in [0.4, 0.5) is 5.95 Å². The second kappa shape index (κ2) is 12.4. The SMILES string of the molecule is COCCc1ncnc2c1ncn2[C@@H]1O[C@H](COP(=O)(O)[C@@H]2[C@H](O)[C@@H](CCO)O[C@H]2n2cnc3c(=O)[nH]c(N)nc32)[C@@H](O)[C@H]1O. The maximum atomic E-state index is 13.7. The maximum absolute atomic E-state index is 13.7. The van der Waals surface area contributed by atoms with Gasteiger partial charge in [0.2, 0.25) is 5.95 Å². The van der Waals surface area contributed by atoms with E-state index in [0.29, 0.717) is 29.9 Å². The predicted octanol–water partition coefficient (Wildman–Crippen LogP) is -2.44. The summed E-state index contributed by atoms with van der Waals surface area (Å²) in [6.07, 6.45) is -5.48. The minimum absolute atomic E-state index is 0.0784. The van der Waals surface area contributed by atoms with E-state index in [0.717, 1.165) is 6.33 Å². The van der Waals surface area contributed by atoms with Crippen LogP contribution in [0.1, 0.15) is 24.6 Å². The third kappa shape index (κ3) is 5.63. The van der Waals surface area contributed by atoms with Gasteiger partial charge in [0.05, 0.1) is 43.8 Å². The number of nitrogens with one attached hydrogen (secondary N) is 1. The predicted molar refractivity (Wildman–Crippen MR) is 151 cm³/mol. The van der Waals surface area contributed by atoms with Gasteiger partial charge in [-0.3, -0.25) is 23.5 Å². The summed E-state index contributed by atoms with van der Waals surface area (Å²) in [4.78, 5) is 46.6. The Bertz CT molecular complexity index is 1780. The van der Waals surface area contributed by atoms with Gasteiger partial charge in [0.25, 0.3) is 5.56 Å². The Morgan fingerprint density at radius 1 is 1.00 bits per heavy atom. The molecule has 244 valence electrons. The number of methoxy groups -OCH3 is 1. The monoisotopic (exact) mass is 653 g/mol. The molecule has 0 aromatic carbocycles. The molecule has 6 heterocycles. The molecule has 21 heteroatoms. The first kappa shape index (κ1) is 31.5. The van der Waals surface area contributed by atoms with Gasteiger partial charge in [-0.1, -0.05) is 0 Å². The molecule has 2 fully saturated rings. The van der Waals surface area contributed by atoms with Gasteiger partial charge in [0, 0.05) is 20.1 Å². The average molecular weight is 654 g/mol. The van der Waals surface area contributed by atoms with Gasteiger partial charge in [-0.05, 0) is 6.42 Å².